The third-order valence-corrected chi connectivity index (χ3v) is 7.50. The van der Waals surface area contributed by atoms with Gasteiger partial charge in [-0.3, -0.25) is 4.79 Å². The van der Waals surface area contributed by atoms with Crippen molar-refractivity contribution in [2.75, 3.05) is 33.9 Å². The summed E-state index contributed by atoms with van der Waals surface area (Å²) in [5, 5.41) is 0. The summed E-state index contributed by atoms with van der Waals surface area (Å²) in [5.41, 5.74) is 2.31. The minimum Gasteiger partial charge on any atom is -0.496 e. The molecule has 0 saturated carbocycles. The minimum absolute atomic E-state index is 0.131. The second-order valence-corrected chi connectivity index (χ2v) is 10.6. The molecule has 0 aliphatic heterocycles. The Kier molecular flexibility index (Phi) is 10.9. The summed E-state index contributed by atoms with van der Waals surface area (Å²) in [6.45, 7) is 2.40. The Labute approximate surface area is 233 Å². The fraction of sp³-hybridized carbons (Fsp3) is 0.310. The van der Waals surface area contributed by atoms with Gasteiger partial charge in [0.25, 0.3) is 15.9 Å². The van der Waals surface area contributed by atoms with E-state index in [9.17, 15) is 22.4 Å². The number of rotatable bonds is 13. The van der Waals surface area contributed by atoms with Crippen LogP contribution in [0.4, 0.5) is 9.18 Å². The maximum absolute atomic E-state index is 13.5. The molecule has 0 aliphatic carbocycles. The van der Waals surface area contributed by atoms with Crippen LogP contribution in [0.1, 0.15) is 34.3 Å². The Hall–Kier alpha value is -4.12. The van der Waals surface area contributed by atoms with E-state index in [0.29, 0.717) is 30.0 Å². The first-order chi connectivity index (χ1) is 19.1. The number of aryl methyl sites for hydroxylation is 1. The van der Waals surface area contributed by atoms with E-state index in [1.165, 1.54) is 14.2 Å². The van der Waals surface area contributed by atoms with Gasteiger partial charge in [0.1, 0.15) is 17.3 Å². The lowest BCUT2D eigenvalue weighted by atomic mass is 10.1. The van der Waals surface area contributed by atoms with Gasteiger partial charge < -0.3 is 19.1 Å². The summed E-state index contributed by atoms with van der Waals surface area (Å²) in [6, 6.07) is 17.3. The van der Waals surface area contributed by atoms with Crippen molar-refractivity contribution in [2.24, 2.45) is 0 Å². The van der Waals surface area contributed by atoms with E-state index < -0.39 is 21.9 Å². The Morgan fingerprint density at radius 1 is 0.900 bits per heavy atom. The van der Waals surface area contributed by atoms with Crippen LogP contribution < -0.4 is 14.2 Å². The van der Waals surface area contributed by atoms with Gasteiger partial charge in [0.05, 0.1) is 25.7 Å². The highest BCUT2D eigenvalue weighted by atomic mass is 32.2. The number of hydrogen-bond donors (Lipinski definition) is 1. The van der Waals surface area contributed by atoms with E-state index in [-0.39, 0.29) is 30.4 Å². The lowest BCUT2D eigenvalue weighted by Gasteiger charge is -2.24. The van der Waals surface area contributed by atoms with Crippen molar-refractivity contribution in [3.05, 3.63) is 89.2 Å². The Balaban J connectivity index is 1.63. The maximum Gasteiger partial charge on any atom is 0.421 e. The second kappa shape index (κ2) is 14.3. The van der Waals surface area contributed by atoms with Crippen molar-refractivity contribution in [2.45, 2.75) is 31.1 Å². The number of ether oxygens (including phenoxy) is 3. The van der Waals surface area contributed by atoms with Crippen molar-refractivity contribution >= 4 is 22.0 Å². The van der Waals surface area contributed by atoms with Crippen LogP contribution in [-0.2, 0) is 21.2 Å². The van der Waals surface area contributed by atoms with Crippen molar-refractivity contribution in [3.8, 4) is 11.5 Å². The van der Waals surface area contributed by atoms with E-state index >= 15 is 0 Å². The molecule has 0 heterocycles. The quantitative estimate of drug-likeness (QED) is 0.295. The number of carbonyl (C=O) groups excluding carboxylic acids is 2. The highest BCUT2D eigenvalue weighted by Gasteiger charge is 2.21. The fourth-order valence-corrected chi connectivity index (χ4v) is 4.95. The first-order valence-corrected chi connectivity index (χ1v) is 14.1. The molecule has 0 unspecified atom stereocenters. The second-order valence-electron chi connectivity index (χ2n) is 8.94. The van der Waals surface area contributed by atoms with Gasteiger partial charge in [0.15, 0.2) is 0 Å². The standard InChI is InChI=1S/C29H33FN2O7S/c1-21-26(37-2)19-23(20-27(21)38-3)28(33)32(16-7-11-22-9-5-4-6-10-22)17-8-18-39-29(34)31-40(35,36)25-14-12-24(30)13-15-25/h4-6,9-10,12-15,19-20H,7-8,11,16-18H2,1-3H3,(H,31,34). The number of halogens is 1. The van der Waals surface area contributed by atoms with Gasteiger partial charge in [-0.25, -0.2) is 22.3 Å². The number of sulfonamides is 1. The van der Waals surface area contributed by atoms with Crippen LogP contribution >= 0.6 is 0 Å². The molecular formula is C29H33FN2O7S. The molecule has 0 radical (unpaired) electrons. The van der Waals surface area contributed by atoms with E-state index in [4.69, 9.17) is 14.2 Å². The first kappa shape index (κ1) is 30.4. The molecule has 40 heavy (non-hydrogen) atoms. The average molecular weight is 573 g/mol. The summed E-state index contributed by atoms with van der Waals surface area (Å²) in [5.74, 6) is 0.198. The van der Waals surface area contributed by atoms with E-state index in [1.54, 1.807) is 21.8 Å². The molecule has 0 bridgehead atoms. The molecule has 0 saturated heterocycles. The van der Waals surface area contributed by atoms with Crippen molar-refractivity contribution in [1.29, 1.82) is 0 Å². The summed E-state index contributed by atoms with van der Waals surface area (Å²) >= 11 is 0. The van der Waals surface area contributed by atoms with Crippen molar-refractivity contribution < 1.29 is 36.6 Å². The van der Waals surface area contributed by atoms with Gasteiger partial charge in [-0.05, 0) is 68.1 Å². The molecule has 0 spiro atoms. The smallest absolute Gasteiger partial charge is 0.421 e. The number of nitrogens with one attached hydrogen (secondary N) is 1. The molecule has 11 heteroatoms. The summed E-state index contributed by atoms with van der Waals surface area (Å²) < 4.78 is 55.3. The lowest BCUT2D eigenvalue weighted by Crippen LogP contribution is -2.35. The molecule has 3 aromatic carbocycles. The normalized spacial score (nSPS) is 11.0. The summed E-state index contributed by atoms with van der Waals surface area (Å²) in [4.78, 5) is 27.0. The molecule has 0 fully saturated rings. The monoisotopic (exact) mass is 572 g/mol. The van der Waals surface area contributed by atoms with Crippen LogP contribution in [0.5, 0.6) is 11.5 Å². The van der Waals surface area contributed by atoms with Crippen LogP contribution in [0.2, 0.25) is 0 Å². The van der Waals surface area contributed by atoms with Gasteiger partial charge in [-0.15, -0.1) is 0 Å². The number of benzene rings is 3. The van der Waals surface area contributed by atoms with E-state index in [2.05, 4.69) is 0 Å². The number of amides is 2. The van der Waals surface area contributed by atoms with Gasteiger partial charge in [-0.2, -0.15) is 0 Å². The van der Waals surface area contributed by atoms with Crippen molar-refractivity contribution in [3.63, 3.8) is 0 Å². The van der Waals surface area contributed by atoms with E-state index in [1.807, 2.05) is 37.3 Å². The zero-order valence-corrected chi connectivity index (χ0v) is 23.5. The molecule has 0 aromatic heterocycles. The SMILES string of the molecule is COc1cc(C(=O)N(CCCOC(=O)NS(=O)(=O)c2ccc(F)cc2)CCCc2ccccc2)cc(OC)c1C. The van der Waals surface area contributed by atoms with Crippen LogP contribution in [0, 0.1) is 12.7 Å². The molecular weight excluding hydrogens is 539 g/mol. The molecule has 3 aromatic rings. The molecule has 1 N–H and O–H groups in total. The third kappa shape index (κ3) is 8.44. The van der Waals surface area contributed by atoms with Crippen LogP contribution in [0.3, 0.4) is 0 Å². The van der Waals surface area contributed by atoms with Gasteiger partial charge in [-0.1, -0.05) is 30.3 Å². The average Bonchev–Trinajstić information content (AvgIpc) is 2.94. The highest BCUT2D eigenvalue weighted by Crippen LogP contribution is 2.30. The van der Waals surface area contributed by atoms with Gasteiger partial charge in [0.2, 0.25) is 0 Å². The number of hydrogen-bond acceptors (Lipinski definition) is 7. The number of carbonyl (C=O) groups is 2. The van der Waals surface area contributed by atoms with Crippen molar-refractivity contribution in [1.82, 2.24) is 9.62 Å². The Morgan fingerprint density at radius 3 is 2.10 bits per heavy atom. The van der Waals surface area contributed by atoms with E-state index in [0.717, 1.165) is 41.8 Å². The third-order valence-electron chi connectivity index (χ3n) is 6.17. The predicted molar refractivity (Wildman–Crippen MR) is 148 cm³/mol. The molecule has 0 atom stereocenters. The number of methoxy groups -OCH3 is 2. The summed E-state index contributed by atoms with van der Waals surface area (Å²) in [7, 11) is -1.17. The van der Waals surface area contributed by atoms with Crippen LogP contribution in [0.25, 0.3) is 0 Å². The fourth-order valence-electron chi connectivity index (χ4n) is 4.06. The van der Waals surface area contributed by atoms with Crippen LogP contribution in [0.15, 0.2) is 71.6 Å². The topological polar surface area (TPSA) is 111 Å². The molecule has 214 valence electrons. The molecule has 9 nitrogen and oxygen atoms in total. The molecule has 2 amide bonds. The maximum atomic E-state index is 13.5. The minimum atomic E-state index is -4.21. The molecule has 3 rings (SSSR count). The zero-order chi connectivity index (χ0) is 29.1. The largest absolute Gasteiger partial charge is 0.496 e. The Morgan fingerprint density at radius 2 is 1.50 bits per heavy atom. The zero-order valence-electron chi connectivity index (χ0n) is 22.7. The van der Waals surface area contributed by atoms with Gasteiger partial charge in [0, 0.05) is 24.2 Å². The number of nitrogens with zero attached hydrogens (tertiary/aromatic N) is 1. The van der Waals surface area contributed by atoms with Gasteiger partial charge >= 0.3 is 6.09 Å². The highest BCUT2D eigenvalue weighted by molar-refractivity contribution is 7.90. The van der Waals surface area contributed by atoms with Crippen LogP contribution in [-0.4, -0.2) is 59.2 Å². The molecule has 0 aliphatic rings. The first-order valence-electron chi connectivity index (χ1n) is 12.7. The lowest BCUT2D eigenvalue weighted by molar-refractivity contribution is 0.0737. The Bertz CT molecular complexity index is 1370. The predicted octanol–water partition coefficient (Wildman–Crippen LogP) is 4.73. The summed E-state index contributed by atoms with van der Waals surface area (Å²) in [6.07, 6.45) is 0.568.